The van der Waals surface area contributed by atoms with Crippen molar-refractivity contribution in [3.05, 3.63) is 30.1 Å². The number of pyridine rings is 1. The lowest BCUT2D eigenvalue weighted by Crippen LogP contribution is -2.25. The molecular formula is C11H16N2O. The first-order chi connectivity index (χ1) is 6.70. The maximum atomic E-state index is 11.5. The molecule has 0 radical (unpaired) electrons. The van der Waals surface area contributed by atoms with Crippen LogP contribution in [0.15, 0.2) is 24.5 Å². The smallest absolute Gasteiger partial charge is 0.251 e. The second kappa shape index (κ2) is 5.37. The van der Waals surface area contributed by atoms with E-state index in [4.69, 9.17) is 0 Å². The lowest BCUT2D eigenvalue weighted by atomic mass is 10.1. The molecule has 1 amide bonds. The second-order valence-corrected chi connectivity index (χ2v) is 3.67. The monoisotopic (exact) mass is 192 g/mol. The van der Waals surface area contributed by atoms with Gasteiger partial charge in [-0.2, -0.15) is 0 Å². The Bertz CT molecular complexity index is 283. The number of carbonyl (C=O) groups is 1. The normalized spacial score (nSPS) is 10.2. The Hall–Kier alpha value is -1.38. The molecule has 0 unspecified atom stereocenters. The van der Waals surface area contributed by atoms with Gasteiger partial charge in [-0.05, 0) is 24.5 Å². The van der Waals surface area contributed by atoms with Gasteiger partial charge in [0, 0.05) is 24.5 Å². The molecule has 0 fully saturated rings. The summed E-state index contributed by atoms with van der Waals surface area (Å²) >= 11 is 0. The Balaban J connectivity index is 2.36. The average Bonchev–Trinajstić information content (AvgIpc) is 2.18. The summed E-state index contributed by atoms with van der Waals surface area (Å²) in [6, 6.07) is 3.43. The van der Waals surface area contributed by atoms with E-state index in [0.29, 0.717) is 11.5 Å². The van der Waals surface area contributed by atoms with Crippen LogP contribution in [0.2, 0.25) is 0 Å². The third kappa shape index (κ3) is 3.56. The summed E-state index contributed by atoms with van der Waals surface area (Å²) < 4.78 is 0. The SMILES string of the molecule is CC(C)CCNC(=O)c1ccncc1. The van der Waals surface area contributed by atoms with Crippen LogP contribution in [-0.4, -0.2) is 17.4 Å². The second-order valence-electron chi connectivity index (χ2n) is 3.67. The van der Waals surface area contributed by atoms with E-state index >= 15 is 0 Å². The fourth-order valence-corrected chi connectivity index (χ4v) is 1.08. The summed E-state index contributed by atoms with van der Waals surface area (Å²) in [6.07, 6.45) is 4.26. The number of nitrogens with one attached hydrogen (secondary N) is 1. The van der Waals surface area contributed by atoms with Gasteiger partial charge in [0.2, 0.25) is 0 Å². The highest BCUT2D eigenvalue weighted by Gasteiger charge is 2.03. The molecule has 3 heteroatoms. The molecule has 1 rings (SSSR count). The number of nitrogens with zero attached hydrogens (tertiary/aromatic N) is 1. The van der Waals surface area contributed by atoms with E-state index in [-0.39, 0.29) is 5.91 Å². The standard InChI is InChI=1S/C11H16N2O/c1-9(2)3-8-13-11(14)10-4-6-12-7-5-10/h4-7,9H,3,8H2,1-2H3,(H,13,14). The Kier molecular flexibility index (Phi) is 4.11. The average molecular weight is 192 g/mol. The molecule has 0 spiro atoms. The first-order valence-corrected chi connectivity index (χ1v) is 4.88. The molecule has 0 bridgehead atoms. The van der Waals surface area contributed by atoms with Gasteiger partial charge in [0.25, 0.3) is 5.91 Å². The Morgan fingerprint density at radius 2 is 2.07 bits per heavy atom. The third-order valence-electron chi connectivity index (χ3n) is 1.95. The van der Waals surface area contributed by atoms with Crippen LogP contribution >= 0.6 is 0 Å². The number of hydrogen-bond donors (Lipinski definition) is 1. The molecule has 3 nitrogen and oxygen atoms in total. The lowest BCUT2D eigenvalue weighted by Gasteiger charge is -2.06. The van der Waals surface area contributed by atoms with Crippen LogP contribution in [-0.2, 0) is 0 Å². The third-order valence-corrected chi connectivity index (χ3v) is 1.95. The maximum absolute atomic E-state index is 11.5. The summed E-state index contributed by atoms with van der Waals surface area (Å²) in [6.45, 7) is 5.01. The van der Waals surface area contributed by atoms with Gasteiger partial charge < -0.3 is 5.32 Å². The molecule has 76 valence electrons. The number of amides is 1. The molecule has 0 aliphatic heterocycles. The molecule has 0 aliphatic rings. The molecule has 0 aromatic carbocycles. The lowest BCUT2D eigenvalue weighted by molar-refractivity contribution is 0.0952. The first kappa shape index (κ1) is 10.7. The van der Waals surface area contributed by atoms with Gasteiger partial charge in [-0.1, -0.05) is 13.8 Å². The van der Waals surface area contributed by atoms with Crippen molar-refractivity contribution < 1.29 is 4.79 Å². The van der Waals surface area contributed by atoms with Crippen molar-refractivity contribution in [3.63, 3.8) is 0 Å². The van der Waals surface area contributed by atoms with E-state index in [1.54, 1.807) is 24.5 Å². The predicted molar refractivity (Wildman–Crippen MR) is 56.0 cm³/mol. The summed E-state index contributed by atoms with van der Waals surface area (Å²) in [4.78, 5) is 15.3. The van der Waals surface area contributed by atoms with Crippen LogP contribution in [0.5, 0.6) is 0 Å². The molecule has 0 saturated heterocycles. The van der Waals surface area contributed by atoms with Crippen molar-refractivity contribution in [2.24, 2.45) is 5.92 Å². The van der Waals surface area contributed by atoms with Crippen molar-refractivity contribution >= 4 is 5.91 Å². The molecule has 0 aliphatic carbocycles. The van der Waals surface area contributed by atoms with Crippen LogP contribution < -0.4 is 5.32 Å². The van der Waals surface area contributed by atoms with Gasteiger partial charge >= 0.3 is 0 Å². The number of aromatic nitrogens is 1. The molecule has 1 aromatic heterocycles. The van der Waals surface area contributed by atoms with Crippen molar-refractivity contribution in [3.8, 4) is 0 Å². The zero-order valence-electron chi connectivity index (χ0n) is 8.66. The molecule has 1 heterocycles. The van der Waals surface area contributed by atoms with Crippen LogP contribution in [0.4, 0.5) is 0 Å². The maximum Gasteiger partial charge on any atom is 0.251 e. The quantitative estimate of drug-likeness (QED) is 0.791. The van der Waals surface area contributed by atoms with Crippen LogP contribution in [0.1, 0.15) is 30.6 Å². The molecule has 0 atom stereocenters. The van der Waals surface area contributed by atoms with E-state index in [1.165, 1.54) is 0 Å². The van der Waals surface area contributed by atoms with Crippen molar-refractivity contribution in [2.45, 2.75) is 20.3 Å². The molecule has 0 saturated carbocycles. The van der Waals surface area contributed by atoms with E-state index < -0.39 is 0 Å². The number of rotatable bonds is 4. The van der Waals surface area contributed by atoms with E-state index in [0.717, 1.165) is 13.0 Å². The molecule has 14 heavy (non-hydrogen) atoms. The van der Waals surface area contributed by atoms with Gasteiger partial charge in [0.15, 0.2) is 0 Å². The van der Waals surface area contributed by atoms with Crippen LogP contribution in [0.25, 0.3) is 0 Å². The minimum Gasteiger partial charge on any atom is -0.352 e. The molecule has 1 N–H and O–H groups in total. The highest BCUT2D eigenvalue weighted by Crippen LogP contribution is 1.99. The zero-order chi connectivity index (χ0) is 10.4. The van der Waals surface area contributed by atoms with E-state index in [1.807, 2.05) is 0 Å². The fraction of sp³-hybridized carbons (Fsp3) is 0.455. The minimum atomic E-state index is -0.0203. The molecule has 1 aromatic rings. The van der Waals surface area contributed by atoms with Crippen molar-refractivity contribution in [1.29, 1.82) is 0 Å². The van der Waals surface area contributed by atoms with Crippen LogP contribution in [0, 0.1) is 5.92 Å². The summed E-state index contributed by atoms with van der Waals surface area (Å²) in [5.41, 5.74) is 0.670. The van der Waals surface area contributed by atoms with Crippen molar-refractivity contribution in [2.75, 3.05) is 6.54 Å². The van der Waals surface area contributed by atoms with E-state index in [9.17, 15) is 4.79 Å². The van der Waals surface area contributed by atoms with E-state index in [2.05, 4.69) is 24.1 Å². The topological polar surface area (TPSA) is 42.0 Å². The highest BCUT2D eigenvalue weighted by atomic mass is 16.1. The summed E-state index contributed by atoms with van der Waals surface area (Å²) in [5.74, 6) is 0.598. The predicted octanol–water partition coefficient (Wildman–Crippen LogP) is 1.86. The zero-order valence-corrected chi connectivity index (χ0v) is 8.66. The van der Waals surface area contributed by atoms with Gasteiger partial charge in [0.05, 0.1) is 0 Å². The highest BCUT2D eigenvalue weighted by molar-refractivity contribution is 5.93. The fourth-order valence-electron chi connectivity index (χ4n) is 1.08. The number of hydrogen-bond acceptors (Lipinski definition) is 2. The van der Waals surface area contributed by atoms with Crippen molar-refractivity contribution in [1.82, 2.24) is 10.3 Å². The summed E-state index contributed by atoms with van der Waals surface area (Å²) in [7, 11) is 0. The largest absolute Gasteiger partial charge is 0.352 e. The Morgan fingerprint density at radius 1 is 1.43 bits per heavy atom. The van der Waals surface area contributed by atoms with Gasteiger partial charge in [0.1, 0.15) is 0 Å². The van der Waals surface area contributed by atoms with Gasteiger partial charge in [-0.25, -0.2) is 0 Å². The Labute approximate surface area is 84.6 Å². The first-order valence-electron chi connectivity index (χ1n) is 4.88. The van der Waals surface area contributed by atoms with Crippen LogP contribution in [0.3, 0.4) is 0 Å². The number of carbonyl (C=O) groups excluding carboxylic acids is 1. The van der Waals surface area contributed by atoms with Gasteiger partial charge in [-0.3, -0.25) is 9.78 Å². The van der Waals surface area contributed by atoms with Gasteiger partial charge in [-0.15, -0.1) is 0 Å². The minimum absolute atomic E-state index is 0.0203. The molecular weight excluding hydrogens is 176 g/mol. The summed E-state index contributed by atoms with van der Waals surface area (Å²) in [5, 5.41) is 2.86. The Morgan fingerprint density at radius 3 is 2.64 bits per heavy atom.